The standard InChI is InChI=1S/C14H18N2O/c15-7-5-12-1-3-13(4-2-12)9-16-10-14-6-8-17-11-14/h1-4,6,8,11,16H,5,7,9-10,15H2. The predicted molar refractivity (Wildman–Crippen MR) is 68.5 cm³/mol. The molecule has 3 nitrogen and oxygen atoms in total. The molecule has 0 spiro atoms. The van der Waals surface area contributed by atoms with Crippen molar-refractivity contribution >= 4 is 0 Å². The van der Waals surface area contributed by atoms with E-state index >= 15 is 0 Å². The Labute approximate surface area is 102 Å². The Kier molecular flexibility index (Phi) is 4.36. The summed E-state index contributed by atoms with van der Waals surface area (Å²) in [5, 5.41) is 3.37. The fraction of sp³-hybridized carbons (Fsp3) is 0.286. The first-order valence-corrected chi connectivity index (χ1v) is 5.88. The number of hydrogen-bond acceptors (Lipinski definition) is 3. The van der Waals surface area contributed by atoms with Crippen molar-refractivity contribution in [2.45, 2.75) is 19.5 Å². The normalized spacial score (nSPS) is 10.6. The second-order valence-electron chi connectivity index (χ2n) is 4.09. The topological polar surface area (TPSA) is 51.2 Å². The first kappa shape index (κ1) is 11.9. The van der Waals surface area contributed by atoms with Crippen LogP contribution >= 0.6 is 0 Å². The summed E-state index contributed by atoms with van der Waals surface area (Å²) in [5.41, 5.74) is 9.27. The molecule has 0 atom stereocenters. The van der Waals surface area contributed by atoms with Gasteiger partial charge in [0.25, 0.3) is 0 Å². The van der Waals surface area contributed by atoms with Crippen LogP contribution in [0.4, 0.5) is 0 Å². The molecule has 3 heteroatoms. The predicted octanol–water partition coefficient (Wildman–Crippen LogP) is 2.07. The van der Waals surface area contributed by atoms with Crippen molar-refractivity contribution in [2.75, 3.05) is 6.54 Å². The molecule has 0 saturated carbocycles. The Morgan fingerprint density at radius 2 is 1.65 bits per heavy atom. The summed E-state index contributed by atoms with van der Waals surface area (Å²) in [6, 6.07) is 10.5. The van der Waals surface area contributed by atoms with E-state index in [1.807, 2.05) is 6.07 Å². The van der Waals surface area contributed by atoms with Gasteiger partial charge in [0.05, 0.1) is 12.5 Å². The maximum Gasteiger partial charge on any atom is 0.0947 e. The number of rotatable bonds is 6. The largest absolute Gasteiger partial charge is 0.472 e. The van der Waals surface area contributed by atoms with E-state index in [2.05, 4.69) is 29.6 Å². The number of hydrogen-bond donors (Lipinski definition) is 2. The zero-order chi connectivity index (χ0) is 11.9. The molecule has 1 aromatic heterocycles. The van der Waals surface area contributed by atoms with E-state index in [1.165, 1.54) is 16.7 Å². The molecule has 0 aliphatic rings. The maximum atomic E-state index is 5.51. The third-order valence-electron chi connectivity index (χ3n) is 2.69. The highest BCUT2D eigenvalue weighted by Gasteiger charge is 1.96. The molecule has 0 bridgehead atoms. The highest BCUT2D eigenvalue weighted by Crippen LogP contribution is 2.05. The van der Waals surface area contributed by atoms with Gasteiger partial charge >= 0.3 is 0 Å². The van der Waals surface area contributed by atoms with Gasteiger partial charge in [0.15, 0.2) is 0 Å². The van der Waals surface area contributed by atoms with Crippen molar-refractivity contribution in [3.05, 3.63) is 59.5 Å². The van der Waals surface area contributed by atoms with Crippen molar-refractivity contribution in [2.24, 2.45) is 5.73 Å². The lowest BCUT2D eigenvalue weighted by atomic mass is 10.1. The Balaban J connectivity index is 1.79. The zero-order valence-electron chi connectivity index (χ0n) is 9.86. The minimum atomic E-state index is 0.706. The van der Waals surface area contributed by atoms with Crippen LogP contribution in [0.3, 0.4) is 0 Å². The van der Waals surface area contributed by atoms with Crippen LogP contribution < -0.4 is 11.1 Å². The monoisotopic (exact) mass is 230 g/mol. The quantitative estimate of drug-likeness (QED) is 0.798. The van der Waals surface area contributed by atoms with Gasteiger partial charge in [-0.05, 0) is 30.2 Å². The Hall–Kier alpha value is -1.58. The number of furan rings is 1. The third-order valence-corrected chi connectivity index (χ3v) is 2.69. The average Bonchev–Trinajstić information content (AvgIpc) is 2.85. The molecule has 17 heavy (non-hydrogen) atoms. The van der Waals surface area contributed by atoms with E-state index in [-0.39, 0.29) is 0 Å². The molecule has 2 rings (SSSR count). The summed E-state index contributed by atoms with van der Waals surface area (Å²) in [5.74, 6) is 0. The molecule has 0 unspecified atom stereocenters. The highest BCUT2D eigenvalue weighted by atomic mass is 16.3. The van der Waals surface area contributed by atoms with E-state index in [0.29, 0.717) is 6.54 Å². The second-order valence-corrected chi connectivity index (χ2v) is 4.09. The summed E-state index contributed by atoms with van der Waals surface area (Å²) >= 11 is 0. The van der Waals surface area contributed by atoms with E-state index in [9.17, 15) is 0 Å². The highest BCUT2D eigenvalue weighted by molar-refractivity contribution is 5.22. The van der Waals surface area contributed by atoms with Crippen LogP contribution in [-0.2, 0) is 19.5 Å². The van der Waals surface area contributed by atoms with E-state index in [1.54, 1.807) is 12.5 Å². The number of nitrogens with one attached hydrogen (secondary N) is 1. The molecule has 0 saturated heterocycles. The molecule has 3 N–H and O–H groups in total. The van der Waals surface area contributed by atoms with Crippen LogP contribution in [0.1, 0.15) is 16.7 Å². The summed E-state index contributed by atoms with van der Waals surface area (Å²) in [4.78, 5) is 0. The average molecular weight is 230 g/mol. The summed E-state index contributed by atoms with van der Waals surface area (Å²) in [6.45, 7) is 2.41. The van der Waals surface area contributed by atoms with Gasteiger partial charge in [0.2, 0.25) is 0 Å². The molecule has 0 fully saturated rings. The van der Waals surface area contributed by atoms with Gasteiger partial charge in [-0.2, -0.15) is 0 Å². The molecule has 0 amide bonds. The van der Waals surface area contributed by atoms with Crippen LogP contribution in [0, 0.1) is 0 Å². The van der Waals surface area contributed by atoms with Crippen LogP contribution in [-0.4, -0.2) is 6.54 Å². The Morgan fingerprint density at radius 1 is 0.941 bits per heavy atom. The van der Waals surface area contributed by atoms with Crippen LogP contribution in [0.25, 0.3) is 0 Å². The van der Waals surface area contributed by atoms with Crippen LogP contribution in [0.5, 0.6) is 0 Å². The molecule has 0 radical (unpaired) electrons. The van der Waals surface area contributed by atoms with E-state index in [0.717, 1.165) is 19.5 Å². The fourth-order valence-corrected chi connectivity index (χ4v) is 1.73. The van der Waals surface area contributed by atoms with Gasteiger partial charge in [0.1, 0.15) is 0 Å². The van der Waals surface area contributed by atoms with Crippen molar-refractivity contribution in [1.29, 1.82) is 0 Å². The van der Waals surface area contributed by atoms with E-state index < -0.39 is 0 Å². The molecule has 0 aliphatic heterocycles. The second kappa shape index (κ2) is 6.23. The van der Waals surface area contributed by atoms with Crippen LogP contribution in [0.2, 0.25) is 0 Å². The van der Waals surface area contributed by atoms with Gasteiger partial charge in [-0.25, -0.2) is 0 Å². The molecular formula is C14H18N2O. The third kappa shape index (κ3) is 3.73. The Bertz CT molecular complexity index is 420. The van der Waals surface area contributed by atoms with Gasteiger partial charge in [-0.15, -0.1) is 0 Å². The molecular weight excluding hydrogens is 212 g/mol. The first-order valence-electron chi connectivity index (χ1n) is 5.88. The molecule has 1 aromatic carbocycles. The van der Waals surface area contributed by atoms with Gasteiger partial charge in [-0.1, -0.05) is 24.3 Å². The minimum absolute atomic E-state index is 0.706. The van der Waals surface area contributed by atoms with Gasteiger partial charge in [-0.3, -0.25) is 0 Å². The maximum absolute atomic E-state index is 5.51. The van der Waals surface area contributed by atoms with Gasteiger partial charge < -0.3 is 15.5 Å². The van der Waals surface area contributed by atoms with Crippen molar-refractivity contribution in [3.8, 4) is 0 Å². The Morgan fingerprint density at radius 3 is 2.29 bits per heavy atom. The molecule has 2 aromatic rings. The first-order chi connectivity index (χ1) is 8.38. The summed E-state index contributed by atoms with van der Waals surface area (Å²) < 4.78 is 5.01. The number of nitrogens with two attached hydrogens (primary N) is 1. The van der Waals surface area contributed by atoms with Gasteiger partial charge in [0, 0.05) is 18.7 Å². The van der Waals surface area contributed by atoms with Crippen LogP contribution in [0.15, 0.2) is 47.3 Å². The van der Waals surface area contributed by atoms with E-state index in [4.69, 9.17) is 10.2 Å². The molecule has 90 valence electrons. The lowest BCUT2D eigenvalue weighted by molar-refractivity contribution is 0.560. The van der Waals surface area contributed by atoms with Crippen molar-refractivity contribution in [3.63, 3.8) is 0 Å². The molecule has 1 heterocycles. The smallest absolute Gasteiger partial charge is 0.0947 e. The summed E-state index contributed by atoms with van der Waals surface area (Å²) in [6.07, 6.45) is 4.40. The van der Waals surface area contributed by atoms with Crippen molar-refractivity contribution < 1.29 is 4.42 Å². The molecule has 0 aliphatic carbocycles. The lowest BCUT2D eigenvalue weighted by Gasteiger charge is -2.04. The summed E-state index contributed by atoms with van der Waals surface area (Å²) in [7, 11) is 0. The number of benzene rings is 1. The SMILES string of the molecule is NCCc1ccc(CNCc2ccoc2)cc1. The zero-order valence-corrected chi connectivity index (χ0v) is 9.86. The minimum Gasteiger partial charge on any atom is -0.472 e. The fourth-order valence-electron chi connectivity index (χ4n) is 1.73. The lowest BCUT2D eigenvalue weighted by Crippen LogP contribution is -2.12. The van der Waals surface area contributed by atoms with Crippen molar-refractivity contribution in [1.82, 2.24) is 5.32 Å².